The summed E-state index contributed by atoms with van der Waals surface area (Å²) in [5.41, 5.74) is 5.67. The fourth-order valence-electron chi connectivity index (χ4n) is 3.33. The number of hydrogen-bond donors (Lipinski definition) is 4. The first-order valence-corrected chi connectivity index (χ1v) is 9.18. The van der Waals surface area contributed by atoms with E-state index in [-0.39, 0.29) is 17.4 Å². The van der Waals surface area contributed by atoms with Gasteiger partial charge in [-0.05, 0) is 42.9 Å². The monoisotopic (exact) mass is 372 g/mol. The maximum absolute atomic E-state index is 12.6. The van der Waals surface area contributed by atoms with E-state index >= 15 is 0 Å². The fourth-order valence-corrected chi connectivity index (χ4v) is 3.33. The first-order chi connectivity index (χ1) is 13.0. The summed E-state index contributed by atoms with van der Waals surface area (Å²) in [6, 6.07) is 5.59. The quantitative estimate of drug-likeness (QED) is 0.573. The molecule has 0 aliphatic heterocycles. The number of nitrogens with two attached hydrogens (primary N) is 1. The number of amides is 1. The van der Waals surface area contributed by atoms with Gasteiger partial charge < -0.3 is 20.8 Å². The number of carbonyl (C=O) groups excluding carboxylic acids is 1. The number of aromatic amines is 2. The summed E-state index contributed by atoms with van der Waals surface area (Å²) >= 11 is 0. The third-order valence-corrected chi connectivity index (χ3v) is 4.73. The van der Waals surface area contributed by atoms with Gasteiger partial charge in [-0.25, -0.2) is 4.79 Å². The van der Waals surface area contributed by atoms with Gasteiger partial charge in [0, 0.05) is 0 Å². The Hall–Kier alpha value is -3.03. The van der Waals surface area contributed by atoms with E-state index in [4.69, 9.17) is 10.5 Å². The summed E-state index contributed by atoms with van der Waals surface area (Å²) in [7, 11) is 0. The van der Waals surface area contributed by atoms with Crippen molar-refractivity contribution in [1.29, 1.82) is 0 Å². The normalized spacial score (nSPS) is 15.8. The van der Waals surface area contributed by atoms with E-state index in [2.05, 4.69) is 17.2 Å². The van der Waals surface area contributed by atoms with Crippen molar-refractivity contribution in [1.82, 2.24) is 15.3 Å². The predicted molar refractivity (Wildman–Crippen MR) is 102 cm³/mol. The molecule has 0 saturated heterocycles. The number of benzene rings is 1. The summed E-state index contributed by atoms with van der Waals surface area (Å²) < 4.78 is 5.91. The highest BCUT2D eigenvalue weighted by atomic mass is 16.5. The number of H-pyrrole nitrogens is 2. The van der Waals surface area contributed by atoms with Crippen LogP contribution in [0, 0.1) is 0 Å². The number of rotatable bonds is 6. The number of unbranched alkanes of at least 4 members (excludes halogenated alkanes) is 1. The molecule has 5 N–H and O–H groups in total. The number of aromatic nitrogens is 2. The molecule has 1 amide bonds. The zero-order valence-corrected chi connectivity index (χ0v) is 15.3. The van der Waals surface area contributed by atoms with Gasteiger partial charge in [-0.2, -0.15) is 0 Å². The van der Waals surface area contributed by atoms with Crippen molar-refractivity contribution in [2.75, 3.05) is 12.3 Å². The molecular weight excluding hydrogens is 348 g/mol. The Morgan fingerprint density at radius 2 is 2.15 bits per heavy atom. The number of anilines is 1. The fraction of sp³-hybridized carbons (Fsp3) is 0.421. The van der Waals surface area contributed by atoms with Gasteiger partial charge in [-0.1, -0.05) is 25.5 Å². The van der Waals surface area contributed by atoms with Crippen molar-refractivity contribution in [2.24, 2.45) is 0 Å². The van der Waals surface area contributed by atoms with Gasteiger partial charge in [-0.3, -0.25) is 14.6 Å². The molecule has 0 saturated carbocycles. The van der Waals surface area contributed by atoms with Crippen LogP contribution >= 0.6 is 0 Å². The maximum Gasteiger partial charge on any atom is 0.326 e. The molecule has 0 fully saturated rings. The van der Waals surface area contributed by atoms with Crippen LogP contribution in [-0.2, 0) is 6.42 Å². The zero-order valence-electron chi connectivity index (χ0n) is 15.3. The minimum absolute atomic E-state index is 0.216. The summed E-state index contributed by atoms with van der Waals surface area (Å²) in [4.78, 5) is 40.0. The summed E-state index contributed by atoms with van der Waals surface area (Å²) in [6.45, 7) is 2.77. The molecule has 0 unspecified atom stereocenters. The lowest BCUT2D eigenvalue weighted by Gasteiger charge is -2.28. The second-order valence-corrected chi connectivity index (χ2v) is 6.64. The van der Waals surface area contributed by atoms with E-state index in [0.717, 1.165) is 49.0 Å². The third-order valence-electron chi connectivity index (χ3n) is 4.73. The van der Waals surface area contributed by atoms with Crippen molar-refractivity contribution in [3.63, 3.8) is 0 Å². The summed E-state index contributed by atoms with van der Waals surface area (Å²) in [5.74, 6) is 0.273. The number of ether oxygens (including phenoxy) is 1. The van der Waals surface area contributed by atoms with Crippen molar-refractivity contribution >= 4 is 11.6 Å². The highest BCUT2D eigenvalue weighted by molar-refractivity contribution is 5.97. The number of carbonyl (C=O) groups is 1. The molecule has 1 heterocycles. The van der Waals surface area contributed by atoms with E-state index in [1.165, 1.54) is 0 Å². The van der Waals surface area contributed by atoms with Crippen LogP contribution in [0.3, 0.4) is 0 Å². The van der Waals surface area contributed by atoms with Gasteiger partial charge in [-0.15, -0.1) is 0 Å². The van der Waals surface area contributed by atoms with E-state index in [0.29, 0.717) is 6.61 Å². The third kappa shape index (κ3) is 4.05. The minimum atomic E-state index is -0.778. The second-order valence-electron chi connectivity index (χ2n) is 6.64. The Morgan fingerprint density at radius 3 is 2.93 bits per heavy atom. The number of nitrogens with one attached hydrogen (secondary N) is 3. The SMILES string of the molecule is CCCCOc1cccc2c1CCC[C@@H]2NC(=O)c1[nH]c(=O)[nH]c(=O)c1N. The Morgan fingerprint density at radius 1 is 1.33 bits per heavy atom. The number of nitrogen functional groups attached to an aromatic ring is 1. The van der Waals surface area contributed by atoms with Gasteiger partial charge in [0.1, 0.15) is 17.1 Å². The topological polar surface area (TPSA) is 130 Å². The molecule has 0 bridgehead atoms. The van der Waals surface area contributed by atoms with Crippen LogP contribution in [0.15, 0.2) is 27.8 Å². The molecule has 8 nitrogen and oxygen atoms in total. The zero-order chi connectivity index (χ0) is 19.4. The molecule has 1 aromatic carbocycles. The van der Waals surface area contributed by atoms with Crippen molar-refractivity contribution in [3.05, 3.63) is 55.9 Å². The lowest BCUT2D eigenvalue weighted by atomic mass is 9.87. The van der Waals surface area contributed by atoms with Crippen LogP contribution in [-0.4, -0.2) is 22.5 Å². The number of fused-ring (bicyclic) bond motifs is 1. The largest absolute Gasteiger partial charge is 0.493 e. The Bertz CT molecular complexity index is 947. The highest BCUT2D eigenvalue weighted by Gasteiger charge is 2.26. The molecule has 1 aromatic heterocycles. The molecule has 1 aliphatic rings. The van der Waals surface area contributed by atoms with E-state index in [1.807, 2.05) is 23.2 Å². The second kappa shape index (κ2) is 8.11. The average Bonchev–Trinajstić information content (AvgIpc) is 2.65. The van der Waals surface area contributed by atoms with E-state index in [1.54, 1.807) is 0 Å². The molecule has 8 heteroatoms. The first kappa shape index (κ1) is 18.8. The van der Waals surface area contributed by atoms with Gasteiger partial charge >= 0.3 is 5.69 Å². The highest BCUT2D eigenvalue weighted by Crippen LogP contribution is 2.35. The molecule has 1 atom stereocenters. The van der Waals surface area contributed by atoms with Crippen molar-refractivity contribution < 1.29 is 9.53 Å². The molecule has 0 spiro atoms. The molecular formula is C19H24N4O4. The summed E-state index contributed by atoms with van der Waals surface area (Å²) in [5, 5.41) is 2.88. The maximum atomic E-state index is 12.6. The Kier molecular flexibility index (Phi) is 5.63. The summed E-state index contributed by atoms with van der Waals surface area (Å²) in [6.07, 6.45) is 4.58. The van der Waals surface area contributed by atoms with Gasteiger partial charge in [0.15, 0.2) is 0 Å². The van der Waals surface area contributed by atoms with E-state index in [9.17, 15) is 14.4 Å². The average molecular weight is 372 g/mol. The van der Waals surface area contributed by atoms with E-state index < -0.39 is 17.2 Å². The minimum Gasteiger partial charge on any atom is -0.493 e. The van der Waals surface area contributed by atoms with Gasteiger partial charge in [0.25, 0.3) is 11.5 Å². The van der Waals surface area contributed by atoms with Crippen LogP contribution in [0.1, 0.15) is 60.3 Å². The standard InChI is InChI=1S/C19H24N4O4/c1-2-3-10-27-14-9-5-6-11-12(14)7-4-8-13(11)21-18(25)16-15(20)17(24)23-19(26)22-16/h5-6,9,13H,2-4,7-8,10,20H2,1H3,(H,21,25)(H2,22,23,24,26)/t13-/m0/s1. The lowest BCUT2D eigenvalue weighted by Crippen LogP contribution is -2.36. The van der Waals surface area contributed by atoms with Crippen LogP contribution < -0.4 is 27.0 Å². The van der Waals surface area contributed by atoms with Crippen LogP contribution in [0.4, 0.5) is 5.69 Å². The molecule has 27 heavy (non-hydrogen) atoms. The van der Waals surface area contributed by atoms with Crippen molar-refractivity contribution in [2.45, 2.75) is 45.1 Å². The molecule has 0 radical (unpaired) electrons. The Labute approximate surface area is 156 Å². The van der Waals surface area contributed by atoms with Gasteiger partial charge in [0.2, 0.25) is 0 Å². The van der Waals surface area contributed by atoms with Crippen LogP contribution in [0.25, 0.3) is 0 Å². The van der Waals surface area contributed by atoms with Gasteiger partial charge in [0.05, 0.1) is 12.6 Å². The van der Waals surface area contributed by atoms with Crippen LogP contribution in [0.5, 0.6) is 5.75 Å². The smallest absolute Gasteiger partial charge is 0.326 e. The van der Waals surface area contributed by atoms with Crippen LogP contribution in [0.2, 0.25) is 0 Å². The lowest BCUT2D eigenvalue weighted by molar-refractivity contribution is 0.0928. The molecule has 1 aliphatic carbocycles. The predicted octanol–water partition coefficient (Wildman–Crippen LogP) is 1.63. The Balaban J connectivity index is 1.84. The number of hydrogen-bond acceptors (Lipinski definition) is 5. The molecule has 144 valence electrons. The van der Waals surface area contributed by atoms with Crippen molar-refractivity contribution in [3.8, 4) is 5.75 Å². The first-order valence-electron chi connectivity index (χ1n) is 9.18. The molecule has 3 rings (SSSR count). The molecule has 2 aromatic rings.